The zero-order valence-corrected chi connectivity index (χ0v) is 15.1. The van der Waals surface area contributed by atoms with Crippen molar-refractivity contribution in [1.29, 1.82) is 0 Å². The van der Waals surface area contributed by atoms with Gasteiger partial charge < -0.3 is 5.11 Å². The molecule has 0 heterocycles. The van der Waals surface area contributed by atoms with Crippen LogP contribution in [0.2, 0.25) is 0 Å². The molecule has 1 aliphatic rings. The van der Waals surface area contributed by atoms with Crippen LogP contribution >= 0.6 is 31.9 Å². The van der Waals surface area contributed by atoms with Crippen molar-refractivity contribution >= 4 is 47.9 Å². The number of aliphatic carboxylic acids is 1. The molecule has 2 N–H and O–H groups in total. The number of carboxylic acids is 1. The second-order valence-corrected chi connectivity index (χ2v) is 8.55. The second-order valence-electron chi connectivity index (χ2n) is 5.13. The number of sulfonamides is 1. The van der Waals surface area contributed by atoms with E-state index in [0.717, 1.165) is 10.9 Å². The fourth-order valence-corrected chi connectivity index (χ4v) is 5.69. The van der Waals surface area contributed by atoms with Crippen LogP contribution in [0.25, 0.3) is 0 Å². The number of halogens is 2. The first kappa shape index (κ1) is 16.9. The van der Waals surface area contributed by atoms with Gasteiger partial charge >= 0.3 is 5.97 Å². The molecule has 0 bridgehead atoms. The highest BCUT2D eigenvalue weighted by atomic mass is 79.9. The summed E-state index contributed by atoms with van der Waals surface area (Å²) in [6.07, 6.45) is 2.97. The standard InChI is InChI=1S/C13H15Br2NO4S/c14-9-4-5-11(10(15)8-9)21(19,20)16-13(12(17)18)6-2-1-3-7-13/h4-5,8,16H,1-3,6-7H2,(H,17,18). The maximum Gasteiger partial charge on any atom is 0.324 e. The van der Waals surface area contributed by atoms with E-state index >= 15 is 0 Å². The molecule has 1 aromatic rings. The predicted octanol–water partition coefficient (Wildman–Crippen LogP) is 3.28. The lowest BCUT2D eigenvalue weighted by molar-refractivity contribution is -0.145. The minimum Gasteiger partial charge on any atom is -0.480 e. The van der Waals surface area contributed by atoms with E-state index in [2.05, 4.69) is 36.6 Å². The van der Waals surface area contributed by atoms with Crippen molar-refractivity contribution in [3.8, 4) is 0 Å². The van der Waals surface area contributed by atoms with Crippen molar-refractivity contribution < 1.29 is 18.3 Å². The molecule has 21 heavy (non-hydrogen) atoms. The SMILES string of the molecule is O=C(O)C1(NS(=O)(=O)c2ccc(Br)cc2Br)CCCCC1. The fourth-order valence-electron chi connectivity index (χ4n) is 2.52. The molecule has 1 aliphatic carbocycles. The number of nitrogens with one attached hydrogen (secondary N) is 1. The number of carbonyl (C=O) groups is 1. The molecule has 0 atom stereocenters. The fraction of sp³-hybridized carbons (Fsp3) is 0.462. The second kappa shape index (κ2) is 6.36. The third-order valence-corrected chi connectivity index (χ3v) is 6.64. The number of benzene rings is 1. The first-order chi connectivity index (χ1) is 9.77. The number of carboxylic acid groups (broad SMARTS) is 1. The molecule has 116 valence electrons. The van der Waals surface area contributed by atoms with Crippen molar-refractivity contribution in [3.05, 3.63) is 27.1 Å². The van der Waals surface area contributed by atoms with Crippen molar-refractivity contribution in [2.75, 3.05) is 0 Å². The first-order valence-electron chi connectivity index (χ1n) is 6.49. The molecule has 0 amide bonds. The lowest BCUT2D eigenvalue weighted by atomic mass is 9.83. The Balaban J connectivity index is 2.37. The van der Waals surface area contributed by atoms with Crippen LogP contribution in [0.5, 0.6) is 0 Å². The van der Waals surface area contributed by atoms with Crippen LogP contribution in [-0.2, 0) is 14.8 Å². The Bertz CT molecular complexity index is 654. The van der Waals surface area contributed by atoms with Gasteiger partial charge in [0.1, 0.15) is 5.54 Å². The molecule has 0 aromatic heterocycles. The van der Waals surface area contributed by atoms with E-state index < -0.39 is 21.5 Å². The number of hydrogen-bond acceptors (Lipinski definition) is 3. The van der Waals surface area contributed by atoms with Crippen LogP contribution in [0.4, 0.5) is 0 Å². The van der Waals surface area contributed by atoms with Gasteiger partial charge in [-0.25, -0.2) is 8.42 Å². The molecule has 2 rings (SSSR count). The molecule has 0 spiro atoms. The van der Waals surface area contributed by atoms with Crippen molar-refractivity contribution in [3.63, 3.8) is 0 Å². The molecule has 5 nitrogen and oxygen atoms in total. The maximum atomic E-state index is 12.5. The first-order valence-corrected chi connectivity index (χ1v) is 9.56. The van der Waals surface area contributed by atoms with E-state index in [4.69, 9.17) is 0 Å². The summed E-state index contributed by atoms with van der Waals surface area (Å²) in [6, 6.07) is 4.66. The minimum absolute atomic E-state index is 0.0388. The number of hydrogen-bond donors (Lipinski definition) is 2. The van der Waals surface area contributed by atoms with Gasteiger partial charge in [-0.15, -0.1) is 0 Å². The summed E-state index contributed by atoms with van der Waals surface area (Å²) < 4.78 is 28.6. The molecular weight excluding hydrogens is 426 g/mol. The van der Waals surface area contributed by atoms with E-state index in [0.29, 0.717) is 30.2 Å². The van der Waals surface area contributed by atoms with Crippen LogP contribution < -0.4 is 4.72 Å². The van der Waals surface area contributed by atoms with E-state index in [1.807, 2.05) is 0 Å². The lowest BCUT2D eigenvalue weighted by Crippen LogP contribution is -2.55. The molecule has 0 saturated heterocycles. The number of rotatable bonds is 4. The third kappa shape index (κ3) is 3.67. The van der Waals surface area contributed by atoms with Gasteiger partial charge in [-0.3, -0.25) is 4.79 Å². The summed E-state index contributed by atoms with van der Waals surface area (Å²) in [5.41, 5.74) is -1.40. The average Bonchev–Trinajstić information content (AvgIpc) is 2.38. The lowest BCUT2D eigenvalue weighted by Gasteiger charge is -2.33. The highest BCUT2D eigenvalue weighted by Gasteiger charge is 2.43. The highest BCUT2D eigenvalue weighted by molar-refractivity contribution is 9.11. The van der Waals surface area contributed by atoms with E-state index in [-0.39, 0.29) is 4.90 Å². The zero-order chi connectivity index (χ0) is 15.7. The Labute approximate surface area is 140 Å². The monoisotopic (exact) mass is 439 g/mol. The Hall–Kier alpha value is -0.440. The molecule has 1 saturated carbocycles. The Kier molecular flexibility index (Phi) is 5.12. The van der Waals surface area contributed by atoms with Gasteiger partial charge in [-0.05, 0) is 47.0 Å². The summed E-state index contributed by atoms with van der Waals surface area (Å²) in [7, 11) is -3.91. The normalized spacial score (nSPS) is 18.4. The third-order valence-electron chi connectivity index (χ3n) is 3.63. The predicted molar refractivity (Wildman–Crippen MR) is 85.6 cm³/mol. The summed E-state index contributed by atoms with van der Waals surface area (Å²) in [6.45, 7) is 0. The topological polar surface area (TPSA) is 83.5 Å². The summed E-state index contributed by atoms with van der Waals surface area (Å²) in [4.78, 5) is 11.6. The van der Waals surface area contributed by atoms with E-state index in [9.17, 15) is 18.3 Å². The summed E-state index contributed by atoms with van der Waals surface area (Å²) in [5, 5.41) is 9.47. The maximum absolute atomic E-state index is 12.5. The van der Waals surface area contributed by atoms with E-state index in [1.54, 1.807) is 12.1 Å². The van der Waals surface area contributed by atoms with E-state index in [1.165, 1.54) is 6.07 Å². The van der Waals surface area contributed by atoms with Gasteiger partial charge in [0, 0.05) is 8.95 Å². The highest BCUT2D eigenvalue weighted by Crippen LogP contribution is 2.32. The largest absolute Gasteiger partial charge is 0.480 e. The molecule has 1 aromatic carbocycles. The van der Waals surface area contributed by atoms with Crippen LogP contribution in [0.3, 0.4) is 0 Å². The van der Waals surface area contributed by atoms with Crippen molar-refractivity contribution in [2.45, 2.75) is 42.5 Å². The molecule has 0 unspecified atom stereocenters. The quantitative estimate of drug-likeness (QED) is 0.752. The van der Waals surface area contributed by atoms with Crippen LogP contribution in [0.15, 0.2) is 32.0 Å². The average molecular weight is 441 g/mol. The van der Waals surface area contributed by atoms with Crippen molar-refractivity contribution in [2.24, 2.45) is 0 Å². The molecule has 1 fully saturated rings. The van der Waals surface area contributed by atoms with Crippen molar-refractivity contribution in [1.82, 2.24) is 4.72 Å². The zero-order valence-electron chi connectivity index (χ0n) is 11.1. The van der Waals surface area contributed by atoms with Crippen LogP contribution in [-0.4, -0.2) is 25.0 Å². The molecule has 8 heteroatoms. The van der Waals surface area contributed by atoms with Gasteiger partial charge in [-0.1, -0.05) is 35.2 Å². The van der Waals surface area contributed by atoms with Crippen LogP contribution in [0, 0.1) is 0 Å². The van der Waals surface area contributed by atoms with Gasteiger partial charge in [0.2, 0.25) is 10.0 Å². The van der Waals surface area contributed by atoms with Gasteiger partial charge in [0.15, 0.2) is 0 Å². The van der Waals surface area contributed by atoms with Gasteiger partial charge in [-0.2, -0.15) is 4.72 Å². The Morgan fingerprint density at radius 1 is 1.19 bits per heavy atom. The smallest absolute Gasteiger partial charge is 0.324 e. The summed E-state index contributed by atoms with van der Waals surface area (Å²) >= 11 is 6.46. The van der Waals surface area contributed by atoms with Gasteiger partial charge in [0.25, 0.3) is 0 Å². The molecule has 0 aliphatic heterocycles. The minimum atomic E-state index is -3.91. The van der Waals surface area contributed by atoms with Crippen LogP contribution in [0.1, 0.15) is 32.1 Å². The summed E-state index contributed by atoms with van der Waals surface area (Å²) in [5.74, 6) is -1.11. The molecular formula is C13H15Br2NO4S. The molecule has 0 radical (unpaired) electrons. The van der Waals surface area contributed by atoms with Gasteiger partial charge in [0.05, 0.1) is 4.90 Å². The Morgan fingerprint density at radius 3 is 2.33 bits per heavy atom. The Morgan fingerprint density at radius 2 is 1.81 bits per heavy atom.